The molecule has 0 aliphatic carbocycles. The van der Waals surface area contributed by atoms with Gasteiger partial charge in [-0.25, -0.2) is 0 Å². The third kappa shape index (κ3) is 1.79. The van der Waals surface area contributed by atoms with Crippen LogP contribution in [0.5, 0.6) is 0 Å². The maximum absolute atomic E-state index is 11.7. The zero-order chi connectivity index (χ0) is 10.3. The van der Waals surface area contributed by atoms with Crippen LogP contribution >= 0.6 is 56.8 Å². The Morgan fingerprint density at radius 2 is 2.00 bits per heavy atom. The van der Waals surface area contributed by atoms with Gasteiger partial charge in [0.25, 0.3) is 0 Å². The first-order valence-electron chi connectivity index (χ1n) is 3.75. The van der Waals surface area contributed by atoms with E-state index in [1.165, 1.54) is 0 Å². The van der Waals surface area contributed by atoms with E-state index in [4.69, 9.17) is 11.6 Å². The van der Waals surface area contributed by atoms with E-state index in [0.717, 1.165) is 3.57 Å². The molecule has 0 fully saturated rings. The molecule has 0 spiro atoms. The molecule has 0 saturated carbocycles. The summed E-state index contributed by atoms with van der Waals surface area (Å²) in [6.07, 6.45) is 1.67. The molecule has 0 saturated heterocycles. The summed E-state index contributed by atoms with van der Waals surface area (Å²) in [6, 6.07) is 3.66. The van der Waals surface area contributed by atoms with Gasteiger partial charge in [-0.1, -0.05) is 11.6 Å². The Morgan fingerprint density at radius 1 is 1.29 bits per heavy atom. The van der Waals surface area contributed by atoms with Gasteiger partial charge in [0.15, 0.2) is 0 Å². The van der Waals surface area contributed by atoms with Gasteiger partial charge in [-0.2, -0.15) is 0 Å². The van der Waals surface area contributed by atoms with Crippen molar-refractivity contribution in [2.75, 3.05) is 0 Å². The lowest BCUT2D eigenvalue weighted by atomic mass is 10.2. The number of hydrogen-bond donors (Lipinski definition) is 1. The molecule has 72 valence electrons. The van der Waals surface area contributed by atoms with E-state index in [1.54, 1.807) is 6.20 Å². The summed E-state index contributed by atoms with van der Waals surface area (Å²) in [5.74, 6) is 0. The molecule has 0 radical (unpaired) electrons. The molecule has 1 N–H and O–H groups in total. The quantitative estimate of drug-likeness (QED) is 0.638. The standard InChI is InChI=1S/C9H4ClI2NO/c10-6-2-4(11)1-5-8(6)13-3-7(12)9(5)14/h1-3H,(H,13,14). The van der Waals surface area contributed by atoms with E-state index in [0.29, 0.717) is 19.5 Å². The van der Waals surface area contributed by atoms with Crippen LogP contribution in [0.1, 0.15) is 0 Å². The van der Waals surface area contributed by atoms with Crippen molar-refractivity contribution in [1.29, 1.82) is 0 Å². The predicted octanol–water partition coefficient (Wildman–Crippen LogP) is 3.39. The summed E-state index contributed by atoms with van der Waals surface area (Å²) in [4.78, 5) is 14.8. The van der Waals surface area contributed by atoms with Crippen molar-refractivity contribution in [2.24, 2.45) is 0 Å². The molecule has 0 aliphatic rings. The second-order valence-corrected chi connectivity index (χ2v) is 5.59. The molecule has 2 aromatic rings. The van der Waals surface area contributed by atoms with E-state index in [9.17, 15) is 4.79 Å². The van der Waals surface area contributed by atoms with E-state index >= 15 is 0 Å². The van der Waals surface area contributed by atoms with Crippen LogP contribution < -0.4 is 5.43 Å². The Kier molecular flexibility index (Phi) is 3.03. The molecule has 1 heterocycles. The van der Waals surface area contributed by atoms with E-state index < -0.39 is 0 Å². The predicted molar refractivity (Wildman–Crippen MR) is 75.0 cm³/mol. The van der Waals surface area contributed by atoms with E-state index in [2.05, 4.69) is 27.6 Å². The first kappa shape index (κ1) is 10.7. The fourth-order valence-corrected chi connectivity index (χ4v) is 2.76. The van der Waals surface area contributed by atoms with Gasteiger partial charge >= 0.3 is 0 Å². The average Bonchev–Trinajstić information content (AvgIpc) is 2.12. The first-order chi connectivity index (χ1) is 6.59. The number of nitrogens with one attached hydrogen (secondary N) is 1. The van der Waals surface area contributed by atoms with Crippen LogP contribution in [0, 0.1) is 7.14 Å². The Hall–Kier alpha value is 0.180. The largest absolute Gasteiger partial charge is 0.359 e. The minimum Gasteiger partial charge on any atom is -0.359 e. The van der Waals surface area contributed by atoms with Gasteiger partial charge in [0, 0.05) is 15.2 Å². The second-order valence-electron chi connectivity index (χ2n) is 2.78. The molecule has 5 heteroatoms. The van der Waals surface area contributed by atoms with E-state index in [-0.39, 0.29) is 5.43 Å². The Bertz CT molecular complexity index is 564. The Balaban J connectivity index is 3.03. The van der Waals surface area contributed by atoms with Crippen molar-refractivity contribution in [3.63, 3.8) is 0 Å². The van der Waals surface area contributed by atoms with Crippen LogP contribution in [0.4, 0.5) is 0 Å². The second kappa shape index (κ2) is 3.97. The number of rotatable bonds is 0. The highest BCUT2D eigenvalue weighted by Gasteiger charge is 2.06. The van der Waals surface area contributed by atoms with Gasteiger partial charge in [-0.05, 0) is 57.3 Å². The molecule has 0 aliphatic heterocycles. The SMILES string of the molecule is O=c1c(I)c[nH]c2c(Cl)cc(I)cc12. The Morgan fingerprint density at radius 3 is 2.71 bits per heavy atom. The molecular formula is C9H4ClI2NO. The minimum absolute atomic E-state index is 0.0276. The highest BCUT2D eigenvalue weighted by Crippen LogP contribution is 2.22. The molecule has 2 rings (SSSR count). The molecule has 1 aromatic heterocycles. The maximum atomic E-state index is 11.7. The number of fused-ring (bicyclic) bond motifs is 1. The monoisotopic (exact) mass is 431 g/mol. The third-order valence-corrected chi connectivity index (χ3v) is 3.58. The summed E-state index contributed by atoms with van der Waals surface area (Å²) >= 11 is 10.2. The number of hydrogen-bond acceptors (Lipinski definition) is 1. The summed E-state index contributed by atoms with van der Waals surface area (Å²) in [5.41, 5.74) is 0.734. The van der Waals surface area contributed by atoms with Crippen LogP contribution in [-0.4, -0.2) is 4.98 Å². The number of halogens is 3. The molecule has 0 atom stereocenters. The summed E-state index contributed by atoms with van der Waals surface area (Å²) < 4.78 is 1.64. The average molecular weight is 431 g/mol. The number of aromatic amines is 1. The lowest BCUT2D eigenvalue weighted by molar-refractivity contribution is 1.36. The summed E-state index contributed by atoms with van der Waals surface area (Å²) in [7, 11) is 0. The van der Waals surface area contributed by atoms with Crippen LogP contribution in [0.3, 0.4) is 0 Å². The summed E-state index contributed by atoms with van der Waals surface area (Å²) in [6.45, 7) is 0. The molecule has 0 unspecified atom stereocenters. The summed E-state index contributed by atoms with van der Waals surface area (Å²) in [5, 5.41) is 1.23. The van der Waals surface area contributed by atoms with Crippen molar-refractivity contribution in [3.8, 4) is 0 Å². The van der Waals surface area contributed by atoms with Crippen LogP contribution in [0.25, 0.3) is 10.9 Å². The van der Waals surface area contributed by atoms with Gasteiger partial charge in [0.1, 0.15) is 0 Å². The molecule has 2 nitrogen and oxygen atoms in total. The normalized spacial score (nSPS) is 10.8. The van der Waals surface area contributed by atoms with Gasteiger partial charge in [-0.15, -0.1) is 0 Å². The van der Waals surface area contributed by atoms with Crippen molar-refractivity contribution in [3.05, 3.63) is 40.7 Å². The number of benzene rings is 1. The van der Waals surface area contributed by atoms with Crippen LogP contribution in [-0.2, 0) is 0 Å². The lowest BCUT2D eigenvalue weighted by Gasteiger charge is -2.01. The zero-order valence-corrected chi connectivity index (χ0v) is 11.8. The van der Waals surface area contributed by atoms with Crippen LogP contribution in [0.2, 0.25) is 5.02 Å². The molecule has 0 bridgehead atoms. The van der Waals surface area contributed by atoms with Crippen molar-refractivity contribution >= 4 is 67.7 Å². The smallest absolute Gasteiger partial charge is 0.202 e. The van der Waals surface area contributed by atoms with Gasteiger partial charge in [0.2, 0.25) is 5.43 Å². The third-order valence-electron chi connectivity index (χ3n) is 1.86. The fourth-order valence-electron chi connectivity index (χ4n) is 1.23. The number of aromatic nitrogens is 1. The number of H-pyrrole nitrogens is 1. The first-order valence-corrected chi connectivity index (χ1v) is 6.29. The van der Waals surface area contributed by atoms with Crippen molar-refractivity contribution < 1.29 is 0 Å². The zero-order valence-electron chi connectivity index (χ0n) is 6.77. The van der Waals surface area contributed by atoms with E-state index in [1.807, 2.05) is 34.7 Å². The molecular weight excluding hydrogens is 427 g/mol. The number of pyridine rings is 1. The topological polar surface area (TPSA) is 32.9 Å². The van der Waals surface area contributed by atoms with Gasteiger partial charge in [-0.3, -0.25) is 4.79 Å². The highest BCUT2D eigenvalue weighted by molar-refractivity contribution is 14.1. The Labute approximate surface area is 112 Å². The molecule has 14 heavy (non-hydrogen) atoms. The van der Waals surface area contributed by atoms with Crippen LogP contribution in [0.15, 0.2) is 23.1 Å². The van der Waals surface area contributed by atoms with Gasteiger partial charge < -0.3 is 4.98 Å². The molecule has 0 amide bonds. The minimum atomic E-state index is 0.0276. The maximum Gasteiger partial charge on any atom is 0.202 e. The highest BCUT2D eigenvalue weighted by atomic mass is 127. The molecule has 1 aromatic carbocycles. The fraction of sp³-hybridized carbons (Fsp3) is 0. The van der Waals surface area contributed by atoms with Gasteiger partial charge in [0.05, 0.1) is 14.1 Å². The van der Waals surface area contributed by atoms with Crippen molar-refractivity contribution in [1.82, 2.24) is 4.98 Å². The van der Waals surface area contributed by atoms with Crippen molar-refractivity contribution in [2.45, 2.75) is 0 Å². The lowest BCUT2D eigenvalue weighted by Crippen LogP contribution is -2.06.